The van der Waals surface area contributed by atoms with Crippen molar-refractivity contribution in [3.8, 4) is 5.75 Å². The van der Waals surface area contributed by atoms with Crippen LogP contribution < -0.4 is 10.1 Å². The Morgan fingerprint density at radius 2 is 1.53 bits per heavy atom. The highest BCUT2D eigenvalue weighted by atomic mass is 19.4. The van der Waals surface area contributed by atoms with E-state index in [1.54, 1.807) is 0 Å². The van der Waals surface area contributed by atoms with E-state index in [9.17, 15) is 22.8 Å². The van der Waals surface area contributed by atoms with Crippen LogP contribution in [-0.4, -0.2) is 78.2 Å². The third-order valence-electron chi connectivity index (χ3n) is 9.10. The highest BCUT2D eigenvalue weighted by Crippen LogP contribution is 2.34. The van der Waals surface area contributed by atoms with E-state index in [-0.39, 0.29) is 23.8 Å². The van der Waals surface area contributed by atoms with E-state index in [1.165, 1.54) is 18.4 Å². The van der Waals surface area contributed by atoms with Gasteiger partial charge in [-0.15, -0.1) is 0 Å². The van der Waals surface area contributed by atoms with Gasteiger partial charge >= 0.3 is 12.1 Å². The second-order valence-corrected chi connectivity index (χ2v) is 12.4. The summed E-state index contributed by atoms with van der Waals surface area (Å²) in [6.07, 6.45) is 0.209. The number of carboxylic acids is 1. The largest absolute Gasteiger partial charge is 0.494 e. The van der Waals surface area contributed by atoms with Crippen molar-refractivity contribution in [3.05, 3.63) is 64.7 Å². The van der Waals surface area contributed by atoms with Crippen LogP contribution in [0.3, 0.4) is 0 Å². The lowest BCUT2D eigenvalue weighted by Gasteiger charge is -2.26. The van der Waals surface area contributed by atoms with Crippen LogP contribution >= 0.6 is 0 Å². The molecule has 2 heterocycles. The molecule has 2 aromatic rings. The Labute approximate surface area is 262 Å². The van der Waals surface area contributed by atoms with Crippen LogP contribution in [0.2, 0.25) is 0 Å². The fourth-order valence-corrected chi connectivity index (χ4v) is 6.90. The molecular weight excluding hydrogens is 587 g/mol. The molecule has 246 valence electrons. The minimum absolute atomic E-state index is 0.0495. The second-order valence-electron chi connectivity index (χ2n) is 12.4. The summed E-state index contributed by atoms with van der Waals surface area (Å²) in [6.45, 7) is 11.3. The van der Waals surface area contributed by atoms with Gasteiger partial charge in [0.15, 0.2) is 0 Å². The summed E-state index contributed by atoms with van der Waals surface area (Å²) in [5.74, 6) is -0.324. The van der Waals surface area contributed by atoms with E-state index in [0.29, 0.717) is 18.4 Å². The van der Waals surface area contributed by atoms with E-state index in [0.717, 1.165) is 74.4 Å². The monoisotopic (exact) mass is 631 g/mol. The van der Waals surface area contributed by atoms with Gasteiger partial charge in [0.25, 0.3) is 5.91 Å². The molecular formula is C34H44F3N3O5. The van der Waals surface area contributed by atoms with Crippen LogP contribution in [0.4, 0.5) is 13.2 Å². The van der Waals surface area contributed by atoms with Crippen molar-refractivity contribution in [3.63, 3.8) is 0 Å². The van der Waals surface area contributed by atoms with Gasteiger partial charge in [-0.3, -0.25) is 9.59 Å². The zero-order chi connectivity index (χ0) is 32.7. The molecule has 2 aromatic carbocycles. The van der Waals surface area contributed by atoms with Gasteiger partial charge in [-0.25, -0.2) is 4.79 Å². The quantitative estimate of drug-likeness (QED) is 0.364. The standard InChI is InChI=1S/C32H43N3O3.C2HF3O2/c1-4-38-28-16-22(2)30(23(3)17-28)32(37)35-20-26-18-34(19-27(26)21-35)15-14-29(24-10-6-5-7-11-24)33-31(36)25-12-8-9-13-25;3-2(4,5)1(6)7/h5-7,10-11,16-17,25-27,29H,4,8-9,12-15,18-21H2,1-3H3,(H,33,36);(H,6,7)/t26-,27?,29?;/m0./s1. The first-order valence-electron chi connectivity index (χ1n) is 15.8. The zero-order valence-electron chi connectivity index (χ0n) is 26.2. The lowest BCUT2D eigenvalue weighted by molar-refractivity contribution is -0.192. The maximum absolute atomic E-state index is 13.5. The molecule has 3 aliphatic rings. The molecule has 0 spiro atoms. The van der Waals surface area contributed by atoms with Crippen molar-refractivity contribution >= 4 is 17.8 Å². The number of carbonyl (C=O) groups excluding carboxylic acids is 2. The Morgan fingerprint density at radius 1 is 0.978 bits per heavy atom. The number of alkyl halides is 3. The molecule has 1 saturated carbocycles. The molecule has 1 aliphatic carbocycles. The number of carboxylic acid groups (broad SMARTS) is 1. The summed E-state index contributed by atoms with van der Waals surface area (Å²) in [6, 6.07) is 14.4. The predicted molar refractivity (Wildman–Crippen MR) is 164 cm³/mol. The number of benzene rings is 2. The Morgan fingerprint density at radius 3 is 2.04 bits per heavy atom. The molecule has 2 N–H and O–H groups in total. The molecule has 0 aromatic heterocycles. The van der Waals surface area contributed by atoms with Gasteiger partial charge in [0.1, 0.15) is 5.75 Å². The van der Waals surface area contributed by atoms with Gasteiger partial charge in [0.05, 0.1) is 12.6 Å². The first-order valence-corrected chi connectivity index (χ1v) is 15.8. The van der Waals surface area contributed by atoms with Crippen molar-refractivity contribution < 1.29 is 37.4 Å². The third kappa shape index (κ3) is 8.99. The first kappa shape index (κ1) is 34.3. The maximum Gasteiger partial charge on any atom is 0.490 e. The highest BCUT2D eigenvalue weighted by Gasteiger charge is 2.42. The molecule has 2 unspecified atom stereocenters. The normalized spacial score (nSPS) is 20.7. The summed E-state index contributed by atoms with van der Waals surface area (Å²) in [7, 11) is 0. The number of aliphatic carboxylic acids is 1. The number of carbonyl (C=O) groups is 3. The minimum Gasteiger partial charge on any atom is -0.494 e. The number of hydrogen-bond donors (Lipinski definition) is 2. The molecule has 3 atom stereocenters. The van der Waals surface area contributed by atoms with Gasteiger partial charge in [0.2, 0.25) is 5.91 Å². The molecule has 2 amide bonds. The van der Waals surface area contributed by atoms with Crippen LogP contribution in [0.25, 0.3) is 0 Å². The topological polar surface area (TPSA) is 99.2 Å². The van der Waals surface area contributed by atoms with Crippen LogP contribution in [0.1, 0.15) is 72.1 Å². The van der Waals surface area contributed by atoms with Crippen LogP contribution in [0.15, 0.2) is 42.5 Å². The average molecular weight is 632 g/mol. The summed E-state index contributed by atoms with van der Waals surface area (Å²) in [4.78, 5) is 39.9. The number of fused-ring (bicyclic) bond motifs is 1. The zero-order valence-corrected chi connectivity index (χ0v) is 26.2. The van der Waals surface area contributed by atoms with E-state index in [4.69, 9.17) is 14.6 Å². The average Bonchev–Trinajstić information content (AvgIpc) is 3.73. The van der Waals surface area contributed by atoms with Crippen LogP contribution in [0, 0.1) is 31.6 Å². The van der Waals surface area contributed by atoms with E-state index in [1.807, 2.05) is 39.0 Å². The SMILES string of the molecule is CCOc1cc(C)c(C(=O)N2CC3CN(CCC(NC(=O)C4CCCC4)c4ccccc4)C[C@H]3C2)c(C)c1.O=C(O)C(F)(F)F. The summed E-state index contributed by atoms with van der Waals surface area (Å²) in [5.41, 5.74) is 4.00. The van der Waals surface area contributed by atoms with Crippen LogP contribution in [0.5, 0.6) is 5.75 Å². The Bertz CT molecular complexity index is 1290. The molecule has 11 heteroatoms. The highest BCUT2D eigenvalue weighted by molar-refractivity contribution is 5.97. The summed E-state index contributed by atoms with van der Waals surface area (Å²) in [5, 5.41) is 10.5. The Balaban J connectivity index is 0.000000591. The molecule has 0 radical (unpaired) electrons. The van der Waals surface area contributed by atoms with Gasteiger partial charge in [0, 0.05) is 44.2 Å². The third-order valence-corrected chi connectivity index (χ3v) is 9.10. The number of nitrogens with zero attached hydrogens (tertiary/aromatic N) is 2. The molecule has 3 fully saturated rings. The summed E-state index contributed by atoms with van der Waals surface area (Å²) < 4.78 is 37.4. The lowest BCUT2D eigenvalue weighted by Crippen LogP contribution is -2.37. The number of halogens is 3. The number of aryl methyl sites for hydroxylation is 2. The molecule has 45 heavy (non-hydrogen) atoms. The van der Waals surface area contributed by atoms with Crippen LogP contribution in [-0.2, 0) is 9.59 Å². The van der Waals surface area contributed by atoms with Crippen molar-refractivity contribution in [2.45, 2.75) is 65.1 Å². The fraction of sp³-hybridized carbons (Fsp3) is 0.559. The maximum atomic E-state index is 13.5. The predicted octanol–water partition coefficient (Wildman–Crippen LogP) is 5.78. The second kappa shape index (κ2) is 15.1. The number of rotatable bonds is 9. The number of amides is 2. The number of ether oxygens (including phenoxy) is 1. The molecule has 5 rings (SSSR count). The van der Waals surface area contributed by atoms with E-state index < -0.39 is 12.1 Å². The van der Waals surface area contributed by atoms with Gasteiger partial charge in [-0.1, -0.05) is 43.2 Å². The van der Waals surface area contributed by atoms with E-state index in [2.05, 4.69) is 39.4 Å². The minimum atomic E-state index is -5.08. The molecule has 2 saturated heterocycles. The Kier molecular flexibility index (Phi) is 11.5. The van der Waals surface area contributed by atoms with Crippen molar-refractivity contribution in [2.24, 2.45) is 17.8 Å². The summed E-state index contributed by atoms with van der Waals surface area (Å²) >= 11 is 0. The van der Waals surface area contributed by atoms with Gasteiger partial charge in [-0.05, 0) is 80.7 Å². The number of likely N-dealkylation sites (tertiary alicyclic amines) is 2. The molecule has 0 bridgehead atoms. The fourth-order valence-electron chi connectivity index (χ4n) is 6.90. The molecule has 8 nitrogen and oxygen atoms in total. The van der Waals surface area contributed by atoms with Crippen molar-refractivity contribution in [1.29, 1.82) is 0 Å². The number of nitrogens with one attached hydrogen (secondary N) is 1. The lowest BCUT2D eigenvalue weighted by atomic mass is 10.0. The Hall–Kier alpha value is -3.60. The first-order chi connectivity index (χ1) is 21.4. The molecule has 2 aliphatic heterocycles. The van der Waals surface area contributed by atoms with Crippen molar-refractivity contribution in [2.75, 3.05) is 39.3 Å². The number of hydrogen-bond acceptors (Lipinski definition) is 5. The van der Waals surface area contributed by atoms with Gasteiger partial charge < -0.3 is 25.0 Å². The van der Waals surface area contributed by atoms with Crippen molar-refractivity contribution in [1.82, 2.24) is 15.1 Å². The van der Waals surface area contributed by atoms with Gasteiger partial charge in [-0.2, -0.15) is 13.2 Å². The smallest absolute Gasteiger partial charge is 0.490 e. The van der Waals surface area contributed by atoms with E-state index >= 15 is 0 Å².